The Hall–Kier alpha value is -1.90. The summed E-state index contributed by atoms with van der Waals surface area (Å²) < 4.78 is 1.76. The van der Waals surface area contributed by atoms with Crippen LogP contribution >= 0.6 is 0 Å². The van der Waals surface area contributed by atoms with Crippen LogP contribution in [0, 0.1) is 13.8 Å². The summed E-state index contributed by atoms with van der Waals surface area (Å²) in [5.41, 5.74) is 3.55. The lowest BCUT2D eigenvalue weighted by atomic mass is 10.0. The van der Waals surface area contributed by atoms with Gasteiger partial charge in [0.1, 0.15) is 0 Å². The third-order valence-electron chi connectivity index (χ3n) is 3.00. The Kier molecular flexibility index (Phi) is 3.09. The van der Waals surface area contributed by atoms with Crippen LogP contribution in [-0.2, 0) is 13.5 Å². The Morgan fingerprint density at radius 3 is 2.41 bits per heavy atom. The summed E-state index contributed by atoms with van der Waals surface area (Å²) in [6, 6.07) is 9.80. The maximum atomic E-state index is 12.2. The minimum absolute atomic E-state index is 0.138. The minimum Gasteiger partial charge on any atom is -0.294 e. The molecule has 3 heteroatoms. The van der Waals surface area contributed by atoms with Gasteiger partial charge in [0.25, 0.3) is 0 Å². The Morgan fingerprint density at radius 1 is 1.24 bits per heavy atom. The summed E-state index contributed by atoms with van der Waals surface area (Å²) >= 11 is 0. The second-order valence-electron chi connectivity index (χ2n) is 4.25. The standard InChI is InChI=1S/C14H16N2O/c1-10-14(11(2)16(3)15-10)13(17)9-12-7-5-4-6-8-12/h4-8H,9H2,1-3H3. The molecular weight excluding hydrogens is 212 g/mol. The van der Waals surface area contributed by atoms with Gasteiger partial charge >= 0.3 is 0 Å². The topological polar surface area (TPSA) is 34.9 Å². The van der Waals surface area contributed by atoms with E-state index in [-0.39, 0.29) is 5.78 Å². The van der Waals surface area contributed by atoms with Crippen molar-refractivity contribution < 1.29 is 4.79 Å². The van der Waals surface area contributed by atoms with E-state index in [1.54, 1.807) is 4.68 Å². The molecule has 0 amide bonds. The fourth-order valence-electron chi connectivity index (χ4n) is 2.05. The van der Waals surface area contributed by atoms with Crippen LogP contribution in [0.15, 0.2) is 30.3 Å². The summed E-state index contributed by atoms with van der Waals surface area (Å²) in [5, 5.41) is 4.27. The molecule has 2 aromatic rings. The van der Waals surface area contributed by atoms with Crippen LogP contribution in [0.2, 0.25) is 0 Å². The second-order valence-corrected chi connectivity index (χ2v) is 4.25. The van der Waals surface area contributed by atoms with Crippen LogP contribution in [-0.4, -0.2) is 15.6 Å². The van der Waals surface area contributed by atoms with Crippen molar-refractivity contribution in [1.29, 1.82) is 0 Å². The molecule has 0 fully saturated rings. The lowest BCUT2D eigenvalue weighted by molar-refractivity contribution is 0.0991. The van der Waals surface area contributed by atoms with Gasteiger partial charge in [-0.25, -0.2) is 0 Å². The van der Waals surface area contributed by atoms with Crippen LogP contribution in [0.1, 0.15) is 27.3 Å². The Morgan fingerprint density at radius 2 is 1.88 bits per heavy atom. The molecule has 88 valence electrons. The molecule has 0 atom stereocenters. The number of hydrogen-bond acceptors (Lipinski definition) is 2. The van der Waals surface area contributed by atoms with Crippen molar-refractivity contribution in [3.63, 3.8) is 0 Å². The summed E-state index contributed by atoms with van der Waals surface area (Å²) in [7, 11) is 1.86. The van der Waals surface area contributed by atoms with E-state index in [1.807, 2.05) is 51.2 Å². The third kappa shape index (κ3) is 2.28. The van der Waals surface area contributed by atoms with Gasteiger partial charge in [0.15, 0.2) is 5.78 Å². The van der Waals surface area contributed by atoms with E-state index in [0.29, 0.717) is 6.42 Å². The lowest BCUT2D eigenvalue weighted by Crippen LogP contribution is -2.06. The van der Waals surface area contributed by atoms with Gasteiger partial charge in [0.2, 0.25) is 0 Å². The number of Topliss-reactive ketones (excluding diaryl/α,β-unsaturated/α-hetero) is 1. The van der Waals surface area contributed by atoms with E-state index in [2.05, 4.69) is 5.10 Å². The molecule has 0 N–H and O–H groups in total. The van der Waals surface area contributed by atoms with Crippen molar-refractivity contribution in [2.24, 2.45) is 7.05 Å². The predicted octanol–water partition coefficient (Wildman–Crippen LogP) is 2.46. The Bertz CT molecular complexity index is 541. The van der Waals surface area contributed by atoms with E-state index < -0.39 is 0 Å². The number of carbonyl (C=O) groups is 1. The molecule has 0 aliphatic rings. The average molecular weight is 228 g/mol. The number of carbonyl (C=O) groups excluding carboxylic acids is 1. The molecule has 0 saturated heterocycles. The van der Waals surface area contributed by atoms with Crippen molar-refractivity contribution in [3.8, 4) is 0 Å². The highest BCUT2D eigenvalue weighted by Crippen LogP contribution is 2.15. The first-order chi connectivity index (χ1) is 8.09. The zero-order valence-corrected chi connectivity index (χ0v) is 10.4. The van der Waals surface area contributed by atoms with E-state index in [1.165, 1.54) is 0 Å². The van der Waals surface area contributed by atoms with Crippen LogP contribution in [0.25, 0.3) is 0 Å². The predicted molar refractivity (Wildman–Crippen MR) is 67.2 cm³/mol. The summed E-state index contributed by atoms with van der Waals surface area (Å²) in [6.07, 6.45) is 0.439. The second kappa shape index (κ2) is 4.53. The van der Waals surface area contributed by atoms with E-state index in [9.17, 15) is 4.79 Å². The zero-order chi connectivity index (χ0) is 12.4. The number of benzene rings is 1. The maximum Gasteiger partial charge on any atom is 0.170 e. The SMILES string of the molecule is Cc1nn(C)c(C)c1C(=O)Cc1ccccc1. The third-order valence-corrected chi connectivity index (χ3v) is 3.00. The van der Waals surface area contributed by atoms with Crippen LogP contribution in [0.5, 0.6) is 0 Å². The first kappa shape index (κ1) is 11.6. The molecule has 0 saturated carbocycles. The molecule has 1 aromatic heterocycles. The van der Waals surface area contributed by atoms with Gasteiger partial charge in [-0.3, -0.25) is 9.48 Å². The highest BCUT2D eigenvalue weighted by atomic mass is 16.1. The number of ketones is 1. The molecule has 0 aliphatic heterocycles. The quantitative estimate of drug-likeness (QED) is 0.756. The number of rotatable bonds is 3. The van der Waals surface area contributed by atoms with E-state index in [0.717, 1.165) is 22.5 Å². The highest BCUT2D eigenvalue weighted by molar-refractivity contribution is 5.99. The summed E-state index contributed by atoms with van der Waals surface area (Å²) in [5.74, 6) is 0.138. The van der Waals surface area contributed by atoms with E-state index in [4.69, 9.17) is 0 Å². The van der Waals surface area contributed by atoms with Gasteiger partial charge in [-0.05, 0) is 19.4 Å². The van der Waals surface area contributed by atoms with Crippen molar-refractivity contribution in [2.75, 3.05) is 0 Å². The molecule has 0 radical (unpaired) electrons. The van der Waals surface area contributed by atoms with Gasteiger partial charge in [0.05, 0.1) is 11.3 Å². The molecule has 0 aliphatic carbocycles. The van der Waals surface area contributed by atoms with Gasteiger partial charge < -0.3 is 0 Å². The number of hydrogen-bond donors (Lipinski definition) is 0. The van der Waals surface area contributed by atoms with Crippen molar-refractivity contribution in [3.05, 3.63) is 52.8 Å². The highest BCUT2D eigenvalue weighted by Gasteiger charge is 2.17. The van der Waals surface area contributed by atoms with Crippen LogP contribution in [0.3, 0.4) is 0 Å². The summed E-state index contributed by atoms with van der Waals surface area (Å²) in [6.45, 7) is 3.81. The van der Waals surface area contributed by atoms with Gasteiger partial charge in [-0.1, -0.05) is 30.3 Å². The first-order valence-corrected chi connectivity index (χ1v) is 5.67. The molecule has 1 aromatic carbocycles. The molecule has 17 heavy (non-hydrogen) atoms. The minimum atomic E-state index is 0.138. The lowest BCUT2D eigenvalue weighted by Gasteiger charge is -2.02. The van der Waals surface area contributed by atoms with Gasteiger partial charge in [-0.15, -0.1) is 0 Å². The summed E-state index contributed by atoms with van der Waals surface area (Å²) in [4.78, 5) is 12.2. The molecule has 1 heterocycles. The van der Waals surface area contributed by atoms with Crippen molar-refractivity contribution >= 4 is 5.78 Å². The molecule has 2 rings (SSSR count). The van der Waals surface area contributed by atoms with Crippen molar-refractivity contribution in [1.82, 2.24) is 9.78 Å². The monoisotopic (exact) mass is 228 g/mol. The average Bonchev–Trinajstić information content (AvgIpc) is 2.54. The zero-order valence-electron chi connectivity index (χ0n) is 10.4. The Balaban J connectivity index is 2.27. The largest absolute Gasteiger partial charge is 0.294 e. The molecule has 0 bridgehead atoms. The van der Waals surface area contributed by atoms with Crippen LogP contribution in [0.4, 0.5) is 0 Å². The molecular formula is C14H16N2O. The fourth-order valence-corrected chi connectivity index (χ4v) is 2.05. The fraction of sp³-hybridized carbons (Fsp3) is 0.286. The van der Waals surface area contributed by atoms with Crippen molar-refractivity contribution in [2.45, 2.75) is 20.3 Å². The van der Waals surface area contributed by atoms with Crippen LogP contribution < -0.4 is 0 Å². The molecule has 0 unspecified atom stereocenters. The smallest absolute Gasteiger partial charge is 0.170 e. The number of aromatic nitrogens is 2. The van der Waals surface area contributed by atoms with Gasteiger partial charge in [0, 0.05) is 19.2 Å². The molecule has 3 nitrogen and oxygen atoms in total. The maximum absolute atomic E-state index is 12.2. The first-order valence-electron chi connectivity index (χ1n) is 5.67. The molecule has 0 spiro atoms. The van der Waals surface area contributed by atoms with E-state index >= 15 is 0 Å². The number of nitrogens with zero attached hydrogens (tertiary/aromatic N) is 2. The Labute approximate surface area is 101 Å². The van der Waals surface area contributed by atoms with Gasteiger partial charge in [-0.2, -0.15) is 5.10 Å². The normalized spacial score (nSPS) is 10.5. The number of aryl methyl sites for hydroxylation is 2.